The molecule has 1 heterocycles. The number of nitrogens with zero attached hydrogens (tertiary/aromatic N) is 2. The first-order chi connectivity index (χ1) is 13.5. The molecule has 3 aromatic rings. The third-order valence-electron chi connectivity index (χ3n) is 5.01. The summed E-state index contributed by atoms with van der Waals surface area (Å²) in [5.41, 5.74) is 3.83. The highest BCUT2D eigenvalue weighted by Gasteiger charge is 2.18. The van der Waals surface area contributed by atoms with Crippen LogP contribution in [0.1, 0.15) is 24.7 Å². The minimum absolute atomic E-state index is 0.00262. The first kappa shape index (κ1) is 19.8. The fraction of sp³-hybridized carbons (Fsp3) is 0.304. The summed E-state index contributed by atoms with van der Waals surface area (Å²) in [6, 6.07) is 19.6. The van der Waals surface area contributed by atoms with Crippen LogP contribution in [-0.4, -0.2) is 35.6 Å². The molecular formula is C23H27N3O2. The Balaban J connectivity index is 1.47. The van der Waals surface area contributed by atoms with Gasteiger partial charge in [0.05, 0.1) is 6.04 Å². The molecule has 0 spiro atoms. The maximum Gasteiger partial charge on any atom is 0.241 e. The summed E-state index contributed by atoms with van der Waals surface area (Å²) in [5, 5.41) is 7.16. The van der Waals surface area contributed by atoms with Crippen LogP contribution in [0, 0.1) is 6.92 Å². The van der Waals surface area contributed by atoms with E-state index < -0.39 is 0 Å². The Hall–Kier alpha value is -2.92. The van der Waals surface area contributed by atoms with Gasteiger partial charge in [0.1, 0.15) is 11.5 Å². The third-order valence-corrected chi connectivity index (χ3v) is 5.01. The lowest BCUT2D eigenvalue weighted by molar-refractivity contribution is -0.120. The predicted octanol–water partition coefficient (Wildman–Crippen LogP) is 4.54. The summed E-state index contributed by atoms with van der Waals surface area (Å²) in [7, 11) is 1.97. The molecular weight excluding hydrogens is 350 g/mol. The van der Waals surface area contributed by atoms with Gasteiger partial charge < -0.3 is 9.84 Å². The number of rotatable bonds is 8. The standard InChI is InChI=1S/C23H27N3O2/c1-17-10-7-8-14-21(17)24-23(27)18(2)26(3)15-9-13-20-16-22(25-28-20)19-11-5-4-6-12-19/h4-8,10-12,14,16,18H,9,13,15H2,1-3H3,(H,24,27). The van der Waals surface area contributed by atoms with E-state index in [1.807, 2.05) is 81.6 Å². The molecule has 1 aromatic heterocycles. The zero-order valence-corrected chi connectivity index (χ0v) is 16.7. The zero-order valence-electron chi connectivity index (χ0n) is 16.7. The fourth-order valence-electron chi connectivity index (χ4n) is 3.02. The van der Waals surface area contributed by atoms with Crippen molar-refractivity contribution in [2.24, 2.45) is 0 Å². The first-order valence-corrected chi connectivity index (χ1v) is 9.62. The molecule has 1 unspecified atom stereocenters. The van der Waals surface area contributed by atoms with Crippen molar-refractivity contribution < 1.29 is 9.32 Å². The number of aromatic nitrogens is 1. The molecule has 0 radical (unpaired) electrons. The molecule has 0 saturated carbocycles. The van der Waals surface area contributed by atoms with E-state index in [4.69, 9.17) is 4.52 Å². The molecule has 28 heavy (non-hydrogen) atoms. The van der Waals surface area contributed by atoms with Gasteiger partial charge in [0.15, 0.2) is 0 Å². The minimum Gasteiger partial charge on any atom is -0.361 e. The van der Waals surface area contributed by atoms with Gasteiger partial charge in [-0.25, -0.2) is 0 Å². The van der Waals surface area contributed by atoms with Crippen molar-refractivity contribution >= 4 is 11.6 Å². The van der Waals surface area contributed by atoms with Crippen molar-refractivity contribution in [1.29, 1.82) is 0 Å². The van der Waals surface area contributed by atoms with Crippen LogP contribution in [0.3, 0.4) is 0 Å². The second-order valence-corrected chi connectivity index (χ2v) is 7.11. The maximum atomic E-state index is 12.5. The molecule has 1 amide bonds. The maximum absolute atomic E-state index is 12.5. The summed E-state index contributed by atoms with van der Waals surface area (Å²) < 4.78 is 5.45. The average molecular weight is 377 g/mol. The molecule has 3 rings (SSSR count). The monoisotopic (exact) mass is 377 g/mol. The Bertz CT molecular complexity index is 905. The number of carbonyl (C=O) groups is 1. The normalized spacial score (nSPS) is 12.1. The number of hydrogen-bond acceptors (Lipinski definition) is 4. The van der Waals surface area contributed by atoms with Gasteiger partial charge in [-0.05, 0) is 45.5 Å². The van der Waals surface area contributed by atoms with E-state index in [1.165, 1.54) is 0 Å². The Morgan fingerprint density at radius 1 is 1.14 bits per heavy atom. The van der Waals surface area contributed by atoms with Crippen molar-refractivity contribution in [3.05, 3.63) is 72.0 Å². The number of hydrogen-bond donors (Lipinski definition) is 1. The van der Waals surface area contributed by atoms with E-state index in [0.29, 0.717) is 0 Å². The van der Waals surface area contributed by atoms with Crippen LogP contribution >= 0.6 is 0 Å². The smallest absolute Gasteiger partial charge is 0.241 e. The summed E-state index contributed by atoms with van der Waals surface area (Å²) >= 11 is 0. The average Bonchev–Trinajstić information content (AvgIpc) is 3.18. The van der Waals surface area contributed by atoms with Gasteiger partial charge >= 0.3 is 0 Å². The molecule has 5 heteroatoms. The van der Waals surface area contributed by atoms with E-state index in [0.717, 1.165) is 47.7 Å². The summed E-state index contributed by atoms with van der Waals surface area (Å²) in [4.78, 5) is 14.6. The van der Waals surface area contributed by atoms with Gasteiger partial charge in [-0.2, -0.15) is 0 Å². The van der Waals surface area contributed by atoms with Crippen molar-refractivity contribution in [2.75, 3.05) is 18.9 Å². The largest absolute Gasteiger partial charge is 0.361 e. The van der Waals surface area contributed by atoms with E-state index in [1.54, 1.807) is 0 Å². The van der Waals surface area contributed by atoms with E-state index >= 15 is 0 Å². The highest BCUT2D eigenvalue weighted by molar-refractivity contribution is 5.95. The highest BCUT2D eigenvalue weighted by atomic mass is 16.5. The lowest BCUT2D eigenvalue weighted by atomic mass is 10.1. The number of likely N-dealkylation sites (N-methyl/N-ethyl adjacent to an activating group) is 1. The Morgan fingerprint density at radius 2 is 1.86 bits per heavy atom. The quantitative estimate of drug-likeness (QED) is 0.626. The zero-order chi connectivity index (χ0) is 19.9. The van der Waals surface area contributed by atoms with Gasteiger partial charge in [0.25, 0.3) is 0 Å². The molecule has 1 N–H and O–H groups in total. The van der Waals surface area contributed by atoms with Crippen LogP contribution in [0.15, 0.2) is 65.2 Å². The van der Waals surface area contributed by atoms with Crippen molar-refractivity contribution in [3.63, 3.8) is 0 Å². The summed E-state index contributed by atoms with van der Waals surface area (Å²) in [5.74, 6) is 0.868. The third kappa shape index (κ3) is 5.08. The van der Waals surface area contributed by atoms with Crippen LogP contribution in [0.4, 0.5) is 5.69 Å². The number of carbonyl (C=O) groups excluding carboxylic acids is 1. The van der Waals surface area contributed by atoms with Gasteiger partial charge in [-0.15, -0.1) is 0 Å². The highest BCUT2D eigenvalue weighted by Crippen LogP contribution is 2.19. The summed E-state index contributed by atoms with van der Waals surface area (Å²) in [6.07, 6.45) is 1.68. The van der Waals surface area contributed by atoms with Crippen LogP contribution in [-0.2, 0) is 11.2 Å². The number of anilines is 1. The van der Waals surface area contributed by atoms with Crippen LogP contribution in [0.2, 0.25) is 0 Å². The minimum atomic E-state index is -0.214. The number of benzene rings is 2. The van der Waals surface area contributed by atoms with Crippen molar-refractivity contribution in [1.82, 2.24) is 10.1 Å². The Labute approximate surface area is 166 Å². The molecule has 0 aliphatic carbocycles. The molecule has 1 atom stereocenters. The van der Waals surface area contributed by atoms with Gasteiger partial charge in [-0.1, -0.05) is 53.7 Å². The Morgan fingerprint density at radius 3 is 2.61 bits per heavy atom. The van der Waals surface area contributed by atoms with E-state index in [2.05, 4.69) is 15.4 Å². The molecule has 0 fully saturated rings. The van der Waals surface area contributed by atoms with Crippen molar-refractivity contribution in [2.45, 2.75) is 32.7 Å². The van der Waals surface area contributed by atoms with Crippen LogP contribution in [0.5, 0.6) is 0 Å². The van der Waals surface area contributed by atoms with Crippen LogP contribution < -0.4 is 5.32 Å². The Kier molecular flexibility index (Phi) is 6.61. The second kappa shape index (κ2) is 9.33. The van der Waals surface area contributed by atoms with Gasteiger partial charge in [0.2, 0.25) is 5.91 Å². The molecule has 0 saturated heterocycles. The van der Waals surface area contributed by atoms with Gasteiger partial charge in [-0.3, -0.25) is 9.69 Å². The lowest BCUT2D eigenvalue weighted by Gasteiger charge is -2.24. The number of para-hydroxylation sites is 1. The molecule has 0 aliphatic rings. The fourth-order valence-corrected chi connectivity index (χ4v) is 3.02. The first-order valence-electron chi connectivity index (χ1n) is 9.62. The topological polar surface area (TPSA) is 58.4 Å². The van der Waals surface area contributed by atoms with Crippen molar-refractivity contribution in [3.8, 4) is 11.3 Å². The van der Waals surface area contributed by atoms with Crippen LogP contribution in [0.25, 0.3) is 11.3 Å². The SMILES string of the molecule is Cc1ccccc1NC(=O)C(C)N(C)CCCc1cc(-c2ccccc2)no1. The second-order valence-electron chi connectivity index (χ2n) is 7.11. The molecule has 0 bridgehead atoms. The number of nitrogens with one attached hydrogen (secondary N) is 1. The number of amides is 1. The van der Waals surface area contributed by atoms with E-state index in [9.17, 15) is 4.79 Å². The van der Waals surface area contributed by atoms with Gasteiger partial charge in [0, 0.05) is 23.7 Å². The molecule has 0 aliphatic heterocycles. The molecule has 2 aromatic carbocycles. The van der Waals surface area contributed by atoms with E-state index in [-0.39, 0.29) is 11.9 Å². The molecule has 146 valence electrons. The lowest BCUT2D eigenvalue weighted by Crippen LogP contribution is -2.40. The number of aryl methyl sites for hydroxylation is 2. The predicted molar refractivity (Wildman–Crippen MR) is 112 cm³/mol. The molecule has 5 nitrogen and oxygen atoms in total. The summed E-state index contributed by atoms with van der Waals surface area (Å²) in [6.45, 7) is 4.71.